The number of benzene rings is 1. The minimum Gasteiger partial charge on any atom is -0.378 e. The highest BCUT2D eigenvalue weighted by Crippen LogP contribution is 2.23. The number of hydrogen-bond acceptors (Lipinski definition) is 7. The van der Waals surface area contributed by atoms with E-state index in [1.807, 2.05) is 24.3 Å². The fourth-order valence-electron chi connectivity index (χ4n) is 3.37. The summed E-state index contributed by atoms with van der Waals surface area (Å²) in [4.78, 5) is 15.3. The largest absolute Gasteiger partial charge is 0.378 e. The van der Waals surface area contributed by atoms with Crippen LogP contribution in [0.3, 0.4) is 0 Å². The van der Waals surface area contributed by atoms with Crippen molar-refractivity contribution in [3.05, 3.63) is 73.4 Å². The van der Waals surface area contributed by atoms with Crippen LogP contribution < -0.4 is 10.2 Å². The molecule has 5 rings (SSSR count). The number of aromatic nitrogens is 5. The molecule has 1 saturated heterocycles. The molecule has 0 unspecified atom stereocenters. The molecule has 1 aliphatic heterocycles. The maximum absolute atomic E-state index is 5.42. The van der Waals surface area contributed by atoms with E-state index >= 15 is 0 Å². The van der Waals surface area contributed by atoms with Gasteiger partial charge in [-0.2, -0.15) is 0 Å². The first-order valence-electron chi connectivity index (χ1n) is 9.83. The van der Waals surface area contributed by atoms with Crippen LogP contribution in [0.1, 0.15) is 0 Å². The Hall–Kier alpha value is -3.78. The van der Waals surface area contributed by atoms with Crippen LogP contribution in [-0.2, 0) is 4.74 Å². The summed E-state index contributed by atoms with van der Waals surface area (Å²) < 4.78 is 7.13. The van der Waals surface area contributed by atoms with Crippen molar-refractivity contribution in [2.24, 2.45) is 0 Å². The van der Waals surface area contributed by atoms with Crippen LogP contribution in [0.25, 0.3) is 17.1 Å². The summed E-state index contributed by atoms with van der Waals surface area (Å²) in [5.74, 6) is 1.37. The van der Waals surface area contributed by atoms with E-state index in [9.17, 15) is 0 Å². The molecule has 4 heterocycles. The summed E-state index contributed by atoms with van der Waals surface area (Å²) in [6, 6.07) is 16.0. The average Bonchev–Trinajstić information content (AvgIpc) is 3.32. The van der Waals surface area contributed by atoms with Crippen LogP contribution >= 0.6 is 0 Å². The molecule has 0 aliphatic carbocycles. The van der Waals surface area contributed by atoms with Gasteiger partial charge in [-0.1, -0.05) is 0 Å². The van der Waals surface area contributed by atoms with Crippen LogP contribution in [0.4, 0.5) is 17.2 Å². The average molecular weight is 399 g/mol. The lowest BCUT2D eigenvalue weighted by Crippen LogP contribution is -2.36. The monoisotopic (exact) mass is 399 g/mol. The highest BCUT2D eigenvalue weighted by molar-refractivity contribution is 5.65. The van der Waals surface area contributed by atoms with Gasteiger partial charge >= 0.3 is 0 Å². The predicted octanol–water partition coefficient (Wildman–Crippen LogP) is 3.30. The lowest BCUT2D eigenvalue weighted by atomic mass is 10.2. The Kier molecular flexibility index (Phi) is 5.05. The molecule has 0 saturated carbocycles. The summed E-state index contributed by atoms with van der Waals surface area (Å²) in [5, 5.41) is 7.91. The summed E-state index contributed by atoms with van der Waals surface area (Å²) in [5.41, 5.74) is 3.94. The molecular weight excluding hydrogens is 378 g/mol. The van der Waals surface area contributed by atoms with Crippen molar-refractivity contribution in [2.45, 2.75) is 0 Å². The minimum atomic E-state index is 0.631. The van der Waals surface area contributed by atoms with E-state index in [1.54, 1.807) is 29.6 Å². The Morgan fingerprint density at radius 1 is 0.900 bits per heavy atom. The number of morpholine rings is 1. The first kappa shape index (κ1) is 18.3. The van der Waals surface area contributed by atoms with Crippen LogP contribution in [0.15, 0.2) is 73.4 Å². The van der Waals surface area contributed by atoms with Gasteiger partial charge in [-0.25, -0.2) is 14.6 Å². The lowest BCUT2D eigenvalue weighted by Gasteiger charge is -2.28. The van der Waals surface area contributed by atoms with Gasteiger partial charge in [0, 0.05) is 42.4 Å². The number of nitrogens with one attached hydrogen (secondary N) is 1. The molecule has 0 atom stereocenters. The fourth-order valence-corrected chi connectivity index (χ4v) is 3.37. The van der Waals surface area contributed by atoms with E-state index in [2.05, 4.69) is 54.5 Å². The van der Waals surface area contributed by atoms with E-state index in [1.165, 1.54) is 5.69 Å². The molecule has 0 amide bonds. The quantitative estimate of drug-likeness (QED) is 0.551. The van der Waals surface area contributed by atoms with Gasteiger partial charge in [0.05, 0.1) is 25.1 Å². The number of nitrogens with zero attached hydrogens (tertiary/aromatic N) is 6. The van der Waals surface area contributed by atoms with Gasteiger partial charge in [0.2, 0.25) is 0 Å². The Labute approximate surface area is 174 Å². The molecule has 8 heteroatoms. The number of rotatable bonds is 5. The molecular formula is C22H21N7O. The zero-order valence-corrected chi connectivity index (χ0v) is 16.3. The smallest absolute Gasteiger partial charge is 0.181 e. The molecule has 1 fully saturated rings. The van der Waals surface area contributed by atoms with Gasteiger partial charge in [0.25, 0.3) is 0 Å². The lowest BCUT2D eigenvalue weighted by molar-refractivity contribution is 0.122. The normalized spacial score (nSPS) is 13.9. The Bertz CT molecular complexity index is 1110. The number of hydrogen-bond donors (Lipinski definition) is 1. The van der Waals surface area contributed by atoms with Crippen LogP contribution in [-0.4, -0.2) is 51.0 Å². The van der Waals surface area contributed by atoms with Crippen molar-refractivity contribution in [1.82, 2.24) is 24.7 Å². The van der Waals surface area contributed by atoms with Gasteiger partial charge in [0.1, 0.15) is 12.1 Å². The number of pyridine rings is 2. The molecule has 150 valence electrons. The highest BCUT2D eigenvalue weighted by Gasteiger charge is 2.11. The van der Waals surface area contributed by atoms with Crippen molar-refractivity contribution < 1.29 is 4.74 Å². The van der Waals surface area contributed by atoms with Gasteiger partial charge in [-0.05, 0) is 48.5 Å². The van der Waals surface area contributed by atoms with E-state index in [0.717, 1.165) is 49.1 Å². The molecule has 8 nitrogen and oxygen atoms in total. The molecule has 0 bridgehead atoms. The molecule has 4 aromatic rings. The van der Waals surface area contributed by atoms with Crippen molar-refractivity contribution in [3.8, 4) is 17.1 Å². The van der Waals surface area contributed by atoms with Crippen LogP contribution in [0, 0.1) is 0 Å². The van der Waals surface area contributed by atoms with Gasteiger partial charge in [0.15, 0.2) is 5.82 Å². The second-order valence-corrected chi connectivity index (χ2v) is 6.93. The molecule has 1 aliphatic rings. The summed E-state index contributed by atoms with van der Waals surface area (Å²) in [7, 11) is 0. The maximum atomic E-state index is 5.42. The zero-order valence-electron chi connectivity index (χ0n) is 16.3. The Balaban J connectivity index is 1.31. The van der Waals surface area contributed by atoms with Gasteiger partial charge in [-0.15, -0.1) is 5.10 Å². The zero-order chi connectivity index (χ0) is 20.2. The van der Waals surface area contributed by atoms with E-state index in [4.69, 9.17) is 4.74 Å². The minimum absolute atomic E-state index is 0.631. The van der Waals surface area contributed by atoms with E-state index in [0.29, 0.717) is 5.82 Å². The highest BCUT2D eigenvalue weighted by atomic mass is 16.5. The Morgan fingerprint density at radius 3 is 2.57 bits per heavy atom. The second-order valence-electron chi connectivity index (χ2n) is 6.93. The third-order valence-corrected chi connectivity index (χ3v) is 4.94. The second kappa shape index (κ2) is 8.30. The SMILES string of the molecule is c1cncc(-n2cnc(-c3ccnc(Nc4ccc(N5CCOCC5)cc4)c3)n2)c1. The molecule has 1 aromatic carbocycles. The first-order chi connectivity index (χ1) is 14.8. The Morgan fingerprint density at radius 2 is 1.77 bits per heavy atom. The molecule has 0 radical (unpaired) electrons. The number of anilines is 3. The number of ether oxygens (including phenoxy) is 1. The third kappa shape index (κ3) is 3.99. The predicted molar refractivity (Wildman–Crippen MR) is 115 cm³/mol. The van der Waals surface area contributed by atoms with E-state index in [-0.39, 0.29) is 0 Å². The van der Waals surface area contributed by atoms with Crippen molar-refractivity contribution >= 4 is 17.2 Å². The topological polar surface area (TPSA) is 81.0 Å². The summed E-state index contributed by atoms with van der Waals surface area (Å²) in [6.45, 7) is 3.41. The molecule has 3 aromatic heterocycles. The third-order valence-electron chi connectivity index (χ3n) is 4.94. The molecule has 30 heavy (non-hydrogen) atoms. The maximum Gasteiger partial charge on any atom is 0.181 e. The van der Waals surface area contributed by atoms with Crippen molar-refractivity contribution in [1.29, 1.82) is 0 Å². The first-order valence-corrected chi connectivity index (χ1v) is 9.83. The molecule has 1 N–H and O–H groups in total. The van der Waals surface area contributed by atoms with Crippen molar-refractivity contribution in [3.63, 3.8) is 0 Å². The van der Waals surface area contributed by atoms with Crippen LogP contribution in [0.2, 0.25) is 0 Å². The fraction of sp³-hybridized carbons (Fsp3) is 0.182. The van der Waals surface area contributed by atoms with Gasteiger partial charge < -0.3 is 15.0 Å². The van der Waals surface area contributed by atoms with Crippen molar-refractivity contribution in [2.75, 3.05) is 36.5 Å². The van der Waals surface area contributed by atoms with Crippen LogP contribution in [0.5, 0.6) is 0 Å². The molecule has 0 spiro atoms. The van der Waals surface area contributed by atoms with Gasteiger partial charge in [-0.3, -0.25) is 4.98 Å². The van der Waals surface area contributed by atoms with E-state index < -0.39 is 0 Å². The summed E-state index contributed by atoms with van der Waals surface area (Å²) in [6.07, 6.45) is 6.92. The standard InChI is InChI=1S/C22H21N7O/c1-2-20(15-23-8-1)29-16-25-22(27-29)17-7-9-24-21(14-17)26-18-3-5-19(6-4-18)28-10-12-30-13-11-28/h1-9,14-16H,10-13H2,(H,24,26). The summed E-state index contributed by atoms with van der Waals surface area (Å²) >= 11 is 0.